The third-order valence-electron chi connectivity index (χ3n) is 3.62. The van der Waals surface area contributed by atoms with E-state index >= 15 is 0 Å². The van der Waals surface area contributed by atoms with Crippen LogP contribution in [0.1, 0.15) is 31.7 Å². The Hall–Kier alpha value is -0.0200. The van der Waals surface area contributed by atoms with Gasteiger partial charge in [-0.25, -0.2) is 0 Å². The van der Waals surface area contributed by atoms with E-state index in [1.807, 2.05) is 6.07 Å². The van der Waals surface area contributed by atoms with Crippen molar-refractivity contribution in [3.8, 4) is 5.75 Å². The number of ether oxygens (including phenoxy) is 1. The first-order chi connectivity index (χ1) is 8.02. The summed E-state index contributed by atoms with van der Waals surface area (Å²) in [4.78, 5) is 0.703. The first-order valence-electron chi connectivity index (χ1n) is 5.99. The van der Waals surface area contributed by atoms with Crippen LogP contribution in [0, 0.1) is 5.41 Å². The molecule has 2 rings (SSSR count). The fourth-order valence-electron chi connectivity index (χ4n) is 2.72. The van der Waals surface area contributed by atoms with Crippen LogP contribution in [0.2, 0.25) is 0 Å². The summed E-state index contributed by atoms with van der Waals surface area (Å²) in [6, 6.07) is 6.41. The summed E-state index contributed by atoms with van der Waals surface area (Å²) in [5, 5.41) is 0. The Balaban J connectivity index is 2.11. The Morgan fingerprint density at radius 1 is 1.47 bits per heavy atom. The maximum Gasteiger partial charge on any atom is 0.133 e. The molecule has 1 aliphatic carbocycles. The first-order valence-corrected chi connectivity index (χ1v) is 7.70. The van der Waals surface area contributed by atoms with Crippen LogP contribution in [0.25, 0.3) is 0 Å². The molecule has 1 aromatic rings. The summed E-state index contributed by atoms with van der Waals surface area (Å²) in [6.07, 6.45) is 5.04. The van der Waals surface area contributed by atoms with Crippen molar-refractivity contribution in [3.63, 3.8) is 0 Å². The minimum Gasteiger partial charge on any atom is -0.496 e. The van der Waals surface area contributed by atoms with Gasteiger partial charge in [-0.2, -0.15) is 0 Å². The van der Waals surface area contributed by atoms with Gasteiger partial charge in [-0.3, -0.25) is 0 Å². The van der Waals surface area contributed by atoms with Crippen LogP contribution in [0.4, 0.5) is 0 Å². The maximum absolute atomic E-state index is 5.26. The molecule has 0 N–H and O–H groups in total. The van der Waals surface area contributed by atoms with E-state index in [0.29, 0.717) is 10.2 Å². The third kappa shape index (κ3) is 3.25. The van der Waals surface area contributed by atoms with Gasteiger partial charge in [-0.05, 0) is 64.7 Å². The smallest absolute Gasteiger partial charge is 0.133 e. The lowest BCUT2D eigenvalue weighted by Crippen LogP contribution is -2.15. The molecule has 3 heteroatoms. The molecule has 1 saturated carbocycles. The average molecular weight is 362 g/mol. The number of rotatable bonds is 3. The zero-order chi connectivity index (χ0) is 12.5. The quantitative estimate of drug-likeness (QED) is 0.692. The number of hydrogen-bond acceptors (Lipinski definition) is 1. The maximum atomic E-state index is 5.26. The molecule has 2 atom stereocenters. The zero-order valence-electron chi connectivity index (χ0n) is 10.3. The molecular weight excluding hydrogens is 344 g/mol. The van der Waals surface area contributed by atoms with Crippen molar-refractivity contribution < 1.29 is 4.74 Å². The van der Waals surface area contributed by atoms with E-state index in [9.17, 15) is 0 Å². The highest BCUT2D eigenvalue weighted by molar-refractivity contribution is 9.10. The molecule has 1 nitrogen and oxygen atoms in total. The molecule has 1 aliphatic rings. The normalized spacial score (nSPS) is 28.4. The lowest BCUT2D eigenvalue weighted by atomic mass is 9.82. The predicted octanol–water partition coefficient (Wildman–Crippen LogP) is 4.95. The number of hydrogen-bond donors (Lipinski definition) is 0. The fraction of sp³-hybridized carbons (Fsp3) is 0.571. The standard InChI is InChI=1S/C14H18Br2O/c1-14(6-5-11(15)9-14)8-10-3-4-13(17-2)12(16)7-10/h3-4,7,11H,5-6,8-9H2,1-2H3. The highest BCUT2D eigenvalue weighted by atomic mass is 79.9. The minimum atomic E-state index is 0.447. The van der Waals surface area contributed by atoms with Crippen molar-refractivity contribution in [2.75, 3.05) is 7.11 Å². The SMILES string of the molecule is COc1ccc(CC2(C)CCC(Br)C2)cc1Br. The van der Waals surface area contributed by atoms with Gasteiger partial charge in [0.05, 0.1) is 11.6 Å². The minimum absolute atomic E-state index is 0.447. The molecule has 1 fully saturated rings. The molecule has 0 bridgehead atoms. The Morgan fingerprint density at radius 3 is 2.76 bits per heavy atom. The van der Waals surface area contributed by atoms with Crippen molar-refractivity contribution in [2.45, 2.75) is 37.4 Å². The van der Waals surface area contributed by atoms with Crippen molar-refractivity contribution >= 4 is 31.9 Å². The Kier molecular flexibility index (Phi) is 4.19. The molecule has 0 amide bonds. The van der Waals surface area contributed by atoms with E-state index in [1.54, 1.807) is 7.11 Å². The van der Waals surface area contributed by atoms with Gasteiger partial charge in [0.1, 0.15) is 5.75 Å². The van der Waals surface area contributed by atoms with Crippen molar-refractivity contribution in [2.24, 2.45) is 5.41 Å². The van der Waals surface area contributed by atoms with Gasteiger partial charge in [-0.1, -0.05) is 28.9 Å². The molecule has 0 radical (unpaired) electrons. The van der Waals surface area contributed by atoms with Crippen molar-refractivity contribution in [1.82, 2.24) is 0 Å². The largest absolute Gasteiger partial charge is 0.496 e. The number of benzene rings is 1. The summed E-state index contributed by atoms with van der Waals surface area (Å²) in [7, 11) is 1.70. The molecule has 94 valence electrons. The van der Waals surface area contributed by atoms with Gasteiger partial charge in [0.25, 0.3) is 0 Å². The van der Waals surface area contributed by atoms with Crippen LogP contribution in [0.3, 0.4) is 0 Å². The topological polar surface area (TPSA) is 9.23 Å². The van der Waals surface area contributed by atoms with Gasteiger partial charge in [0, 0.05) is 4.83 Å². The molecule has 0 spiro atoms. The second kappa shape index (κ2) is 5.31. The number of methoxy groups -OCH3 is 1. The van der Waals surface area contributed by atoms with E-state index in [0.717, 1.165) is 16.6 Å². The van der Waals surface area contributed by atoms with Crippen LogP contribution >= 0.6 is 31.9 Å². The molecule has 0 aromatic heterocycles. The molecule has 0 saturated heterocycles. The molecular formula is C14H18Br2O. The van der Waals surface area contributed by atoms with Crippen molar-refractivity contribution in [1.29, 1.82) is 0 Å². The number of halogens is 2. The lowest BCUT2D eigenvalue weighted by molar-refractivity contribution is 0.335. The Labute approximate surface area is 120 Å². The van der Waals surface area contributed by atoms with Crippen LogP contribution < -0.4 is 4.74 Å². The number of alkyl halides is 1. The van der Waals surface area contributed by atoms with E-state index in [-0.39, 0.29) is 0 Å². The van der Waals surface area contributed by atoms with E-state index in [2.05, 4.69) is 50.9 Å². The second-order valence-electron chi connectivity index (χ2n) is 5.30. The predicted molar refractivity (Wildman–Crippen MR) is 79.1 cm³/mol. The molecule has 1 aromatic carbocycles. The van der Waals surface area contributed by atoms with E-state index in [1.165, 1.54) is 24.8 Å². The summed E-state index contributed by atoms with van der Waals surface area (Å²) in [5.41, 5.74) is 1.84. The first kappa shape index (κ1) is 13.4. The van der Waals surface area contributed by atoms with Gasteiger partial charge in [0.2, 0.25) is 0 Å². The monoisotopic (exact) mass is 360 g/mol. The van der Waals surface area contributed by atoms with Crippen LogP contribution in [0.15, 0.2) is 22.7 Å². The van der Waals surface area contributed by atoms with Crippen LogP contribution in [-0.2, 0) is 6.42 Å². The summed E-state index contributed by atoms with van der Waals surface area (Å²) in [6.45, 7) is 2.40. The fourth-order valence-corrected chi connectivity index (χ4v) is 4.32. The van der Waals surface area contributed by atoms with E-state index in [4.69, 9.17) is 4.74 Å². The van der Waals surface area contributed by atoms with Gasteiger partial charge >= 0.3 is 0 Å². The van der Waals surface area contributed by atoms with Crippen LogP contribution in [-0.4, -0.2) is 11.9 Å². The van der Waals surface area contributed by atoms with Gasteiger partial charge in [-0.15, -0.1) is 0 Å². The summed E-state index contributed by atoms with van der Waals surface area (Å²) in [5.74, 6) is 0.906. The molecule has 17 heavy (non-hydrogen) atoms. The van der Waals surface area contributed by atoms with E-state index < -0.39 is 0 Å². The second-order valence-corrected chi connectivity index (χ2v) is 7.45. The van der Waals surface area contributed by atoms with Gasteiger partial charge in [0.15, 0.2) is 0 Å². The Bertz CT molecular complexity index is 405. The summed E-state index contributed by atoms with van der Waals surface area (Å²) < 4.78 is 6.31. The van der Waals surface area contributed by atoms with Crippen molar-refractivity contribution in [3.05, 3.63) is 28.2 Å². The summed E-state index contributed by atoms with van der Waals surface area (Å²) >= 11 is 7.29. The highest BCUT2D eigenvalue weighted by Crippen LogP contribution is 2.43. The zero-order valence-corrected chi connectivity index (χ0v) is 13.5. The van der Waals surface area contributed by atoms with Gasteiger partial charge < -0.3 is 4.74 Å². The third-order valence-corrected chi connectivity index (χ3v) is 5.02. The highest BCUT2D eigenvalue weighted by Gasteiger charge is 2.33. The molecule has 0 aliphatic heterocycles. The molecule has 2 unspecified atom stereocenters. The Morgan fingerprint density at radius 2 is 2.24 bits per heavy atom. The lowest BCUT2D eigenvalue weighted by Gasteiger charge is -2.24. The average Bonchev–Trinajstić information content (AvgIpc) is 2.58. The van der Waals surface area contributed by atoms with Crippen LogP contribution in [0.5, 0.6) is 5.75 Å². The molecule has 0 heterocycles.